The van der Waals surface area contributed by atoms with E-state index < -0.39 is 0 Å². The standard InChI is InChI=1S/C22H31N5/c1-15(17-9-7-6-8-10-17)24-21-23-14-13-20(27-21)26-19-12-11-18(19)25-16(2)22(3,4)5/h6-10,13-16,25H,11-12H2,1-5H3,(H2,23,24,26,27)/t15-,16-/m1/s1. The lowest BCUT2D eigenvalue weighted by Crippen LogP contribution is -2.40. The predicted molar refractivity (Wildman–Crippen MR) is 112 cm³/mol. The molecule has 3 rings (SSSR count). The Morgan fingerprint density at radius 2 is 1.63 bits per heavy atom. The van der Waals surface area contributed by atoms with Gasteiger partial charge in [0.15, 0.2) is 0 Å². The number of nitrogens with zero attached hydrogens (tertiary/aromatic N) is 2. The maximum atomic E-state index is 4.63. The summed E-state index contributed by atoms with van der Waals surface area (Å²) in [6, 6.07) is 12.8. The molecule has 0 radical (unpaired) electrons. The fourth-order valence-electron chi connectivity index (χ4n) is 2.82. The molecular weight excluding hydrogens is 334 g/mol. The largest absolute Gasteiger partial charge is 0.384 e. The molecular formula is C22H31N5. The summed E-state index contributed by atoms with van der Waals surface area (Å²) in [5.41, 5.74) is 3.96. The average molecular weight is 366 g/mol. The Hall–Kier alpha value is -2.56. The summed E-state index contributed by atoms with van der Waals surface area (Å²) in [6.07, 6.45) is 3.93. The topological polar surface area (TPSA) is 61.9 Å². The fraction of sp³-hybridized carbons (Fsp3) is 0.455. The first kappa shape index (κ1) is 19.2. The van der Waals surface area contributed by atoms with Crippen LogP contribution in [0.1, 0.15) is 59.1 Å². The fourth-order valence-corrected chi connectivity index (χ4v) is 2.82. The Bertz CT molecular complexity index is 792. The van der Waals surface area contributed by atoms with Crippen LogP contribution in [0.25, 0.3) is 0 Å². The highest BCUT2D eigenvalue weighted by Crippen LogP contribution is 2.29. The minimum atomic E-state index is 0.147. The SMILES string of the molecule is C[C@@H](Nc1nccc(NC2=C(N[C@H](C)C(C)(C)C)CC2)n1)c1ccccc1. The Labute approximate surface area is 162 Å². The van der Waals surface area contributed by atoms with Crippen LogP contribution < -0.4 is 16.0 Å². The Kier molecular flexibility index (Phi) is 5.68. The molecule has 1 heterocycles. The van der Waals surface area contributed by atoms with Crippen LogP contribution in [0.5, 0.6) is 0 Å². The van der Waals surface area contributed by atoms with Crippen LogP contribution in [0.4, 0.5) is 11.8 Å². The van der Waals surface area contributed by atoms with Crippen LogP contribution in [0, 0.1) is 5.41 Å². The molecule has 3 N–H and O–H groups in total. The van der Waals surface area contributed by atoms with Gasteiger partial charge in [-0.2, -0.15) is 4.98 Å². The van der Waals surface area contributed by atoms with Gasteiger partial charge in [-0.3, -0.25) is 0 Å². The van der Waals surface area contributed by atoms with Crippen molar-refractivity contribution in [2.75, 3.05) is 10.6 Å². The average Bonchev–Trinajstić information content (AvgIpc) is 2.63. The molecule has 5 heteroatoms. The van der Waals surface area contributed by atoms with Crippen molar-refractivity contribution in [3.8, 4) is 0 Å². The molecule has 2 aromatic rings. The van der Waals surface area contributed by atoms with E-state index in [0.717, 1.165) is 18.7 Å². The summed E-state index contributed by atoms with van der Waals surface area (Å²) in [4.78, 5) is 8.99. The molecule has 1 aliphatic carbocycles. The highest BCUT2D eigenvalue weighted by Gasteiger charge is 2.25. The quantitative estimate of drug-likeness (QED) is 0.638. The summed E-state index contributed by atoms with van der Waals surface area (Å²) in [7, 11) is 0. The molecule has 5 nitrogen and oxygen atoms in total. The van der Waals surface area contributed by atoms with E-state index in [-0.39, 0.29) is 11.5 Å². The lowest BCUT2D eigenvalue weighted by Gasteiger charge is -2.34. The number of rotatable bonds is 7. The maximum Gasteiger partial charge on any atom is 0.225 e. The summed E-state index contributed by atoms with van der Waals surface area (Å²) in [5, 5.41) is 10.5. The second kappa shape index (κ2) is 7.99. The number of nitrogens with one attached hydrogen (secondary N) is 3. The number of anilines is 2. The predicted octanol–water partition coefficient (Wildman–Crippen LogP) is 5.09. The van der Waals surface area contributed by atoms with Crippen LogP contribution in [-0.4, -0.2) is 16.0 Å². The molecule has 0 spiro atoms. The molecule has 0 unspecified atom stereocenters. The molecule has 0 fully saturated rings. The first-order chi connectivity index (χ1) is 12.8. The Balaban J connectivity index is 1.65. The van der Waals surface area contributed by atoms with E-state index >= 15 is 0 Å². The van der Waals surface area contributed by atoms with Gasteiger partial charge in [0.2, 0.25) is 5.95 Å². The van der Waals surface area contributed by atoms with Gasteiger partial charge in [-0.1, -0.05) is 51.1 Å². The molecule has 0 amide bonds. The number of allylic oxidation sites excluding steroid dienone is 2. The van der Waals surface area contributed by atoms with Crippen molar-refractivity contribution in [1.82, 2.24) is 15.3 Å². The van der Waals surface area contributed by atoms with E-state index in [9.17, 15) is 0 Å². The van der Waals surface area contributed by atoms with Crippen molar-refractivity contribution in [1.29, 1.82) is 0 Å². The molecule has 27 heavy (non-hydrogen) atoms. The van der Waals surface area contributed by atoms with Gasteiger partial charge in [0, 0.05) is 23.6 Å². The Morgan fingerprint density at radius 1 is 0.926 bits per heavy atom. The summed E-state index contributed by atoms with van der Waals surface area (Å²) >= 11 is 0. The minimum absolute atomic E-state index is 0.147. The lowest BCUT2D eigenvalue weighted by molar-refractivity contribution is 0.296. The maximum absolute atomic E-state index is 4.63. The van der Waals surface area contributed by atoms with E-state index in [2.05, 4.69) is 72.7 Å². The third-order valence-corrected chi connectivity index (χ3v) is 5.26. The number of benzene rings is 1. The zero-order valence-electron chi connectivity index (χ0n) is 17.0. The van der Waals surface area contributed by atoms with Gasteiger partial charge in [0.1, 0.15) is 5.82 Å². The molecule has 0 saturated heterocycles. The van der Waals surface area contributed by atoms with Crippen molar-refractivity contribution < 1.29 is 0 Å². The summed E-state index contributed by atoms with van der Waals surface area (Å²) in [5.74, 6) is 1.46. The van der Waals surface area contributed by atoms with Gasteiger partial charge in [0.05, 0.1) is 6.04 Å². The van der Waals surface area contributed by atoms with Gasteiger partial charge in [0.25, 0.3) is 0 Å². The lowest BCUT2D eigenvalue weighted by atomic mass is 9.87. The zero-order chi connectivity index (χ0) is 19.4. The first-order valence-electron chi connectivity index (χ1n) is 9.73. The third-order valence-electron chi connectivity index (χ3n) is 5.26. The molecule has 144 valence electrons. The van der Waals surface area contributed by atoms with Gasteiger partial charge < -0.3 is 16.0 Å². The van der Waals surface area contributed by atoms with Crippen LogP contribution in [0.3, 0.4) is 0 Å². The molecule has 1 aromatic carbocycles. The zero-order valence-corrected chi connectivity index (χ0v) is 17.0. The molecule has 1 aliphatic rings. The van der Waals surface area contributed by atoms with Crippen molar-refractivity contribution >= 4 is 11.8 Å². The van der Waals surface area contributed by atoms with Crippen molar-refractivity contribution in [3.05, 3.63) is 59.6 Å². The number of aromatic nitrogens is 2. The Morgan fingerprint density at radius 3 is 2.26 bits per heavy atom. The van der Waals surface area contributed by atoms with E-state index in [1.807, 2.05) is 24.3 Å². The monoisotopic (exact) mass is 365 g/mol. The van der Waals surface area contributed by atoms with Crippen LogP contribution >= 0.6 is 0 Å². The first-order valence-corrected chi connectivity index (χ1v) is 9.73. The van der Waals surface area contributed by atoms with E-state index in [1.165, 1.54) is 17.0 Å². The van der Waals surface area contributed by atoms with Crippen LogP contribution in [0.15, 0.2) is 54.0 Å². The van der Waals surface area contributed by atoms with Crippen molar-refractivity contribution in [2.24, 2.45) is 5.41 Å². The van der Waals surface area contributed by atoms with Gasteiger partial charge in [-0.05, 0) is 43.7 Å². The van der Waals surface area contributed by atoms with E-state index in [0.29, 0.717) is 12.0 Å². The summed E-state index contributed by atoms with van der Waals surface area (Å²) in [6.45, 7) is 11.1. The van der Waals surface area contributed by atoms with Gasteiger partial charge in [-0.25, -0.2) is 4.98 Å². The van der Waals surface area contributed by atoms with Crippen LogP contribution in [0.2, 0.25) is 0 Å². The smallest absolute Gasteiger partial charge is 0.225 e. The number of hydrogen-bond acceptors (Lipinski definition) is 5. The number of hydrogen-bond donors (Lipinski definition) is 3. The minimum Gasteiger partial charge on any atom is -0.384 e. The van der Waals surface area contributed by atoms with E-state index in [1.54, 1.807) is 6.20 Å². The van der Waals surface area contributed by atoms with Gasteiger partial charge >= 0.3 is 0 Å². The van der Waals surface area contributed by atoms with Crippen molar-refractivity contribution in [2.45, 2.75) is 59.5 Å². The van der Waals surface area contributed by atoms with Crippen molar-refractivity contribution in [3.63, 3.8) is 0 Å². The summed E-state index contributed by atoms with van der Waals surface area (Å²) < 4.78 is 0. The molecule has 0 saturated carbocycles. The van der Waals surface area contributed by atoms with Crippen LogP contribution in [-0.2, 0) is 0 Å². The van der Waals surface area contributed by atoms with E-state index in [4.69, 9.17) is 0 Å². The normalized spacial score (nSPS) is 16.3. The van der Waals surface area contributed by atoms with Gasteiger partial charge in [-0.15, -0.1) is 0 Å². The molecule has 0 aliphatic heterocycles. The second-order valence-electron chi connectivity index (χ2n) is 8.36. The molecule has 1 aromatic heterocycles. The second-order valence-corrected chi connectivity index (χ2v) is 8.36. The molecule has 0 bridgehead atoms. The molecule has 2 atom stereocenters. The highest BCUT2D eigenvalue weighted by atomic mass is 15.2. The third kappa shape index (κ3) is 5.00. The highest BCUT2D eigenvalue weighted by molar-refractivity contribution is 5.48.